The Morgan fingerprint density at radius 2 is 2.24 bits per heavy atom. The summed E-state index contributed by atoms with van der Waals surface area (Å²) in [6.45, 7) is 2.16. The van der Waals surface area contributed by atoms with Gasteiger partial charge in [-0.05, 0) is 49.7 Å². The van der Waals surface area contributed by atoms with Gasteiger partial charge < -0.3 is 5.32 Å². The van der Waals surface area contributed by atoms with E-state index in [1.807, 2.05) is 13.1 Å². The summed E-state index contributed by atoms with van der Waals surface area (Å²) in [6, 6.07) is 8.96. The van der Waals surface area contributed by atoms with Gasteiger partial charge in [-0.15, -0.1) is 5.10 Å². The highest BCUT2D eigenvalue weighted by atomic mass is 32.2. The van der Waals surface area contributed by atoms with Crippen molar-refractivity contribution in [3.8, 4) is 0 Å². The minimum Gasteiger partial charge on any atom is -0.313 e. The first-order valence-corrected chi connectivity index (χ1v) is 8.17. The number of rotatable bonds is 6. The van der Waals surface area contributed by atoms with Crippen LogP contribution in [-0.2, 0) is 0 Å². The number of hydrogen-bond acceptors (Lipinski definition) is 4. The van der Waals surface area contributed by atoms with Crippen molar-refractivity contribution in [1.29, 1.82) is 0 Å². The van der Waals surface area contributed by atoms with Crippen molar-refractivity contribution in [3.63, 3.8) is 0 Å². The third-order valence-corrected chi connectivity index (χ3v) is 4.90. The SMILES string of the molecule is CCC(NC)c1ccccc1Sc1n[nH]c(=O)n1C1CC1. The van der Waals surface area contributed by atoms with Crippen LogP contribution in [0.5, 0.6) is 0 Å². The topological polar surface area (TPSA) is 62.7 Å². The van der Waals surface area contributed by atoms with E-state index in [9.17, 15) is 4.79 Å². The third-order valence-electron chi connectivity index (χ3n) is 3.84. The molecule has 0 radical (unpaired) electrons. The van der Waals surface area contributed by atoms with Gasteiger partial charge in [0.2, 0.25) is 0 Å². The van der Waals surface area contributed by atoms with Crippen molar-refractivity contribution in [2.45, 2.75) is 48.3 Å². The Morgan fingerprint density at radius 1 is 1.48 bits per heavy atom. The van der Waals surface area contributed by atoms with Crippen LogP contribution in [0.2, 0.25) is 0 Å². The van der Waals surface area contributed by atoms with Gasteiger partial charge in [-0.2, -0.15) is 0 Å². The molecule has 0 spiro atoms. The second kappa shape index (κ2) is 6.07. The molecule has 1 unspecified atom stereocenters. The molecule has 0 aliphatic heterocycles. The lowest BCUT2D eigenvalue weighted by Gasteiger charge is -2.17. The second-order valence-corrected chi connectivity index (χ2v) is 6.31. The standard InChI is InChI=1S/C15H20N4OS/c1-3-12(16-2)11-6-4-5-7-13(11)21-15-18-17-14(20)19(15)10-8-9-10/h4-7,10,12,16H,3,8-9H2,1-2H3,(H,17,20). The summed E-state index contributed by atoms with van der Waals surface area (Å²) in [5.74, 6) is 0. The molecule has 6 heteroatoms. The highest BCUT2D eigenvalue weighted by Gasteiger charge is 2.29. The largest absolute Gasteiger partial charge is 0.344 e. The normalized spacial score (nSPS) is 16.1. The molecule has 0 saturated heterocycles. The maximum absolute atomic E-state index is 11.9. The molecule has 5 nitrogen and oxygen atoms in total. The average Bonchev–Trinajstić information content (AvgIpc) is 3.27. The van der Waals surface area contributed by atoms with Crippen LogP contribution in [0.15, 0.2) is 39.1 Å². The van der Waals surface area contributed by atoms with Gasteiger partial charge in [0.1, 0.15) is 0 Å². The maximum atomic E-state index is 11.9. The first-order chi connectivity index (χ1) is 10.2. The predicted molar refractivity (Wildman–Crippen MR) is 83.8 cm³/mol. The molecule has 1 heterocycles. The minimum absolute atomic E-state index is 0.0989. The lowest BCUT2D eigenvalue weighted by atomic mass is 10.1. The van der Waals surface area contributed by atoms with Gasteiger partial charge in [0.05, 0.1) is 0 Å². The van der Waals surface area contributed by atoms with E-state index < -0.39 is 0 Å². The van der Waals surface area contributed by atoms with Crippen molar-refractivity contribution in [2.75, 3.05) is 7.05 Å². The van der Waals surface area contributed by atoms with E-state index in [1.54, 1.807) is 16.3 Å². The number of hydrogen-bond donors (Lipinski definition) is 2. The highest BCUT2D eigenvalue weighted by molar-refractivity contribution is 7.99. The molecule has 1 aliphatic carbocycles. The number of aromatic nitrogens is 3. The Morgan fingerprint density at radius 3 is 2.90 bits per heavy atom. The predicted octanol–water partition coefficient (Wildman–Crippen LogP) is 2.73. The lowest BCUT2D eigenvalue weighted by molar-refractivity contribution is 0.568. The van der Waals surface area contributed by atoms with E-state index in [2.05, 4.69) is 40.6 Å². The summed E-state index contributed by atoms with van der Waals surface area (Å²) in [6.07, 6.45) is 3.16. The van der Waals surface area contributed by atoms with Gasteiger partial charge in [-0.1, -0.05) is 25.1 Å². The quantitative estimate of drug-likeness (QED) is 0.861. The Hall–Kier alpha value is -1.53. The van der Waals surface area contributed by atoms with Crippen LogP contribution in [0.1, 0.15) is 43.8 Å². The number of H-pyrrole nitrogens is 1. The summed E-state index contributed by atoms with van der Waals surface area (Å²) < 4.78 is 1.79. The molecule has 2 aromatic rings. The monoisotopic (exact) mass is 304 g/mol. The number of nitrogens with one attached hydrogen (secondary N) is 2. The van der Waals surface area contributed by atoms with Gasteiger partial charge in [0.25, 0.3) is 0 Å². The molecule has 1 saturated carbocycles. The van der Waals surface area contributed by atoms with Gasteiger partial charge >= 0.3 is 5.69 Å². The molecule has 1 aliphatic rings. The van der Waals surface area contributed by atoms with Gasteiger partial charge in [0, 0.05) is 17.0 Å². The van der Waals surface area contributed by atoms with Crippen molar-refractivity contribution in [2.24, 2.45) is 0 Å². The van der Waals surface area contributed by atoms with Crippen molar-refractivity contribution >= 4 is 11.8 Å². The van der Waals surface area contributed by atoms with Crippen molar-refractivity contribution < 1.29 is 0 Å². The van der Waals surface area contributed by atoms with Crippen molar-refractivity contribution in [3.05, 3.63) is 40.3 Å². The molecule has 1 aromatic carbocycles. The average molecular weight is 304 g/mol. The van der Waals surface area contributed by atoms with E-state index in [-0.39, 0.29) is 5.69 Å². The van der Waals surface area contributed by atoms with Crippen LogP contribution in [-0.4, -0.2) is 21.8 Å². The summed E-state index contributed by atoms with van der Waals surface area (Å²) in [4.78, 5) is 13.0. The van der Waals surface area contributed by atoms with Gasteiger partial charge in [-0.25, -0.2) is 9.89 Å². The molecule has 112 valence electrons. The lowest BCUT2D eigenvalue weighted by Crippen LogP contribution is -2.17. The fourth-order valence-corrected chi connectivity index (χ4v) is 3.65. The molecule has 0 amide bonds. The molecule has 1 fully saturated rings. The van der Waals surface area contributed by atoms with Crippen LogP contribution in [0.3, 0.4) is 0 Å². The van der Waals surface area contributed by atoms with Crippen LogP contribution in [0.4, 0.5) is 0 Å². The maximum Gasteiger partial charge on any atom is 0.344 e. The van der Waals surface area contributed by atoms with E-state index in [0.29, 0.717) is 12.1 Å². The first kappa shape index (κ1) is 14.4. The summed E-state index contributed by atoms with van der Waals surface area (Å²) in [7, 11) is 1.98. The van der Waals surface area contributed by atoms with Gasteiger partial charge in [0.15, 0.2) is 5.16 Å². The molecule has 1 atom stereocenters. The van der Waals surface area contributed by atoms with Crippen LogP contribution in [0, 0.1) is 0 Å². The second-order valence-electron chi connectivity index (χ2n) is 5.30. The van der Waals surface area contributed by atoms with E-state index >= 15 is 0 Å². The summed E-state index contributed by atoms with van der Waals surface area (Å²) in [5.41, 5.74) is 1.16. The number of nitrogens with zero attached hydrogens (tertiary/aromatic N) is 2. The Labute approximate surface area is 128 Å². The fourth-order valence-electron chi connectivity index (χ4n) is 2.56. The zero-order chi connectivity index (χ0) is 14.8. The Kier molecular flexibility index (Phi) is 4.17. The Balaban J connectivity index is 1.93. The van der Waals surface area contributed by atoms with Crippen LogP contribution >= 0.6 is 11.8 Å². The minimum atomic E-state index is -0.0989. The fraction of sp³-hybridized carbons (Fsp3) is 0.467. The van der Waals surface area contributed by atoms with Crippen molar-refractivity contribution in [1.82, 2.24) is 20.1 Å². The van der Waals surface area contributed by atoms with E-state index in [0.717, 1.165) is 29.3 Å². The molecule has 2 N–H and O–H groups in total. The molecule has 0 bridgehead atoms. The third kappa shape index (κ3) is 2.91. The first-order valence-electron chi connectivity index (χ1n) is 7.35. The Bertz CT molecular complexity index is 670. The smallest absolute Gasteiger partial charge is 0.313 e. The molecule has 1 aromatic heterocycles. The summed E-state index contributed by atoms with van der Waals surface area (Å²) in [5, 5.41) is 10.9. The summed E-state index contributed by atoms with van der Waals surface area (Å²) >= 11 is 1.57. The number of benzene rings is 1. The molecule has 3 rings (SSSR count). The zero-order valence-electron chi connectivity index (χ0n) is 12.3. The highest BCUT2D eigenvalue weighted by Crippen LogP contribution is 2.39. The molecular formula is C15H20N4OS. The van der Waals surface area contributed by atoms with Crippen LogP contribution in [0.25, 0.3) is 0 Å². The van der Waals surface area contributed by atoms with Crippen LogP contribution < -0.4 is 11.0 Å². The van der Waals surface area contributed by atoms with E-state index in [4.69, 9.17) is 0 Å². The van der Waals surface area contributed by atoms with Gasteiger partial charge in [-0.3, -0.25) is 4.57 Å². The number of aromatic amines is 1. The molecule has 21 heavy (non-hydrogen) atoms. The van der Waals surface area contributed by atoms with E-state index in [1.165, 1.54) is 5.56 Å². The molecular weight excluding hydrogens is 284 g/mol. The zero-order valence-corrected chi connectivity index (χ0v) is 13.1.